The van der Waals surface area contributed by atoms with Gasteiger partial charge in [0.1, 0.15) is 0 Å². The van der Waals surface area contributed by atoms with Crippen LogP contribution in [-0.4, -0.2) is 20.4 Å². The summed E-state index contributed by atoms with van der Waals surface area (Å²) in [5, 5.41) is 3.38. The second-order valence-electron chi connectivity index (χ2n) is 4.73. The SMILES string of the molecule is CCC(CN)C(NC)c1cc2c(cc1C)OCO2. The summed E-state index contributed by atoms with van der Waals surface area (Å²) in [6.45, 7) is 5.27. The Bertz CT molecular complexity index is 417. The van der Waals surface area contributed by atoms with Crippen LogP contribution >= 0.6 is 0 Å². The lowest BCUT2D eigenvalue weighted by atomic mass is 9.88. The summed E-state index contributed by atoms with van der Waals surface area (Å²) >= 11 is 0. The molecule has 2 atom stereocenters. The summed E-state index contributed by atoms with van der Waals surface area (Å²) in [7, 11) is 1.98. The van der Waals surface area contributed by atoms with Gasteiger partial charge in [-0.15, -0.1) is 0 Å². The second-order valence-corrected chi connectivity index (χ2v) is 4.73. The monoisotopic (exact) mass is 250 g/mol. The van der Waals surface area contributed by atoms with Crippen molar-refractivity contribution >= 4 is 0 Å². The van der Waals surface area contributed by atoms with Crippen LogP contribution in [0.1, 0.15) is 30.5 Å². The Kier molecular flexibility index (Phi) is 4.09. The maximum absolute atomic E-state index is 5.86. The maximum atomic E-state index is 5.86. The van der Waals surface area contributed by atoms with E-state index in [-0.39, 0.29) is 6.04 Å². The van der Waals surface area contributed by atoms with E-state index >= 15 is 0 Å². The third-order valence-corrected chi connectivity index (χ3v) is 3.71. The molecule has 0 saturated carbocycles. The van der Waals surface area contributed by atoms with Crippen molar-refractivity contribution in [3.05, 3.63) is 23.3 Å². The summed E-state index contributed by atoms with van der Waals surface area (Å²) in [5.74, 6) is 2.10. The molecule has 0 aliphatic carbocycles. The second kappa shape index (κ2) is 5.59. The minimum absolute atomic E-state index is 0.259. The van der Waals surface area contributed by atoms with Crippen molar-refractivity contribution in [2.24, 2.45) is 11.7 Å². The van der Waals surface area contributed by atoms with E-state index in [0.29, 0.717) is 19.3 Å². The Hall–Kier alpha value is -1.26. The van der Waals surface area contributed by atoms with Gasteiger partial charge in [0.25, 0.3) is 0 Å². The predicted octanol–water partition coefficient (Wildman–Crippen LogP) is 1.97. The standard InChI is InChI=1S/C14H22N2O2/c1-4-10(7-15)14(16-3)11-6-13-12(5-9(11)2)17-8-18-13/h5-6,10,14,16H,4,7-8,15H2,1-3H3. The van der Waals surface area contributed by atoms with Crippen molar-refractivity contribution < 1.29 is 9.47 Å². The molecule has 1 aliphatic heterocycles. The van der Waals surface area contributed by atoms with Gasteiger partial charge >= 0.3 is 0 Å². The summed E-state index contributed by atoms with van der Waals surface area (Å²) in [4.78, 5) is 0. The van der Waals surface area contributed by atoms with Crippen molar-refractivity contribution in [3.63, 3.8) is 0 Å². The summed E-state index contributed by atoms with van der Waals surface area (Å²) in [6.07, 6.45) is 1.05. The molecule has 1 aliphatic rings. The largest absolute Gasteiger partial charge is 0.454 e. The molecule has 4 nitrogen and oxygen atoms in total. The summed E-state index contributed by atoms with van der Waals surface area (Å²) < 4.78 is 10.8. The van der Waals surface area contributed by atoms with Crippen LogP contribution in [0.5, 0.6) is 11.5 Å². The first kappa shape index (κ1) is 13.2. The highest BCUT2D eigenvalue weighted by Crippen LogP contribution is 2.38. The number of ether oxygens (including phenoxy) is 2. The normalized spacial score (nSPS) is 16.7. The lowest BCUT2D eigenvalue weighted by molar-refractivity contribution is 0.174. The number of fused-ring (bicyclic) bond motifs is 1. The van der Waals surface area contributed by atoms with Crippen LogP contribution in [0.3, 0.4) is 0 Å². The molecule has 4 heteroatoms. The quantitative estimate of drug-likeness (QED) is 0.839. The zero-order valence-corrected chi connectivity index (χ0v) is 11.3. The van der Waals surface area contributed by atoms with Gasteiger partial charge in [-0.05, 0) is 49.7 Å². The molecule has 1 aromatic carbocycles. The lowest BCUT2D eigenvalue weighted by Gasteiger charge is -2.26. The molecule has 2 unspecified atom stereocenters. The Morgan fingerprint density at radius 1 is 1.33 bits per heavy atom. The highest BCUT2D eigenvalue weighted by atomic mass is 16.7. The van der Waals surface area contributed by atoms with E-state index in [9.17, 15) is 0 Å². The molecule has 100 valence electrons. The van der Waals surface area contributed by atoms with Gasteiger partial charge in [-0.3, -0.25) is 0 Å². The summed E-state index contributed by atoms with van der Waals surface area (Å²) in [5.41, 5.74) is 8.33. The van der Waals surface area contributed by atoms with Crippen LogP contribution in [0, 0.1) is 12.8 Å². The Morgan fingerprint density at radius 3 is 2.56 bits per heavy atom. The molecule has 0 spiro atoms. The zero-order chi connectivity index (χ0) is 13.1. The Balaban J connectivity index is 2.36. The number of rotatable bonds is 5. The zero-order valence-electron chi connectivity index (χ0n) is 11.3. The topological polar surface area (TPSA) is 56.5 Å². The van der Waals surface area contributed by atoms with Crippen LogP contribution in [0.15, 0.2) is 12.1 Å². The number of aryl methyl sites for hydroxylation is 1. The molecule has 0 aromatic heterocycles. The van der Waals surface area contributed by atoms with Gasteiger partial charge < -0.3 is 20.5 Å². The van der Waals surface area contributed by atoms with Crippen LogP contribution in [0.4, 0.5) is 0 Å². The third kappa shape index (κ3) is 2.31. The lowest BCUT2D eigenvalue weighted by Crippen LogP contribution is -2.30. The van der Waals surface area contributed by atoms with Crippen molar-refractivity contribution in [1.29, 1.82) is 0 Å². The summed E-state index contributed by atoms with van der Waals surface area (Å²) in [6, 6.07) is 4.39. The van der Waals surface area contributed by atoms with Gasteiger partial charge in [0, 0.05) is 6.04 Å². The first-order valence-electron chi connectivity index (χ1n) is 6.48. The number of nitrogens with two attached hydrogens (primary N) is 1. The maximum Gasteiger partial charge on any atom is 0.231 e. The molecule has 3 N–H and O–H groups in total. The molecule has 2 rings (SSSR count). The fourth-order valence-electron chi connectivity index (χ4n) is 2.58. The van der Waals surface area contributed by atoms with Crippen LogP contribution in [-0.2, 0) is 0 Å². The first-order chi connectivity index (χ1) is 8.71. The van der Waals surface area contributed by atoms with Gasteiger partial charge in [-0.25, -0.2) is 0 Å². The highest BCUT2D eigenvalue weighted by Gasteiger charge is 2.24. The van der Waals surface area contributed by atoms with Gasteiger partial charge in [0.05, 0.1) is 0 Å². The molecular formula is C14H22N2O2. The van der Waals surface area contributed by atoms with Crippen LogP contribution in [0.2, 0.25) is 0 Å². The fraction of sp³-hybridized carbons (Fsp3) is 0.571. The Morgan fingerprint density at radius 2 is 2.00 bits per heavy atom. The smallest absolute Gasteiger partial charge is 0.231 e. The van der Waals surface area contributed by atoms with Gasteiger partial charge in [-0.2, -0.15) is 0 Å². The minimum atomic E-state index is 0.259. The number of nitrogens with one attached hydrogen (secondary N) is 1. The number of benzene rings is 1. The van der Waals surface area contributed by atoms with E-state index < -0.39 is 0 Å². The van der Waals surface area contributed by atoms with E-state index in [1.165, 1.54) is 11.1 Å². The average molecular weight is 250 g/mol. The molecule has 0 fully saturated rings. The minimum Gasteiger partial charge on any atom is -0.454 e. The van der Waals surface area contributed by atoms with Gasteiger partial charge in [0.2, 0.25) is 6.79 Å². The fourth-order valence-corrected chi connectivity index (χ4v) is 2.58. The van der Waals surface area contributed by atoms with E-state index in [1.54, 1.807) is 0 Å². The predicted molar refractivity (Wildman–Crippen MR) is 71.9 cm³/mol. The van der Waals surface area contributed by atoms with Crippen LogP contribution in [0.25, 0.3) is 0 Å². The molecule has 0 saturated heterocycles. The van der Waals surface area contributed by atoms with Crippen molar-refractivity contribution in [2.75, 3.05) is 20.4 Å². The van der Waals surface area contributed by atoms with Crippen molar-refractivity contribution in [3.8, 4) is 11.5 Å². The molecule has 0 radical (unpaired) electrons. The van der Waals surface area contributed by atoms with Gasteiger partial charge in [0.15, 0.2) is 11.5 Å². The van der Waals surface area contributed by atoms with Crippen molar-refractivity contribution in [2.45, 2.75) is 26.3 Å². The van der Waals surface area contributed by atoms with Gasteiger partial charge in [-0.1, -0.05) is 13.3 Å². The number of hydrogen-bond acceptors (Lipinski definition) is 4. The number of hydrogen-bond donors (Lipinski definition) is 2. The Labute approximate surface area is 108 Å². The van der Waals surface area contributed by atoms with E-state index in [1.807, 2.05) is 13.1 Å². The van der Waals surface area contributed by atoms with Crippen LogP contribution < -0.4 is 20.5 Å². The van der Waals surface area contributed by atoms with E-state index in [4.69, 9.17) is 15.2 Å². The molecule has 18 heavy (non-hydrogen) atoms. The van der Waals surface area contributed by atoms with E-state index in [0.717, 1.165) is 17.9 Å². The third-order valence-electron chi connectivity index (χ3n) is 3.71. The molecule has 1 heterocycles. The van der Waals surface area contributed by atoms with E-state index in [2.05, 4.69) is 25.2 Å². The first-order valence-corrected chi connectivity index (χ1v) is 6.48. The molecule has 0 bridgehead atoms. The average Bonchev–Trinajstić information content (AvgIpc) is 2.82. The molecule has 1 aromatic rings. The van der Waals surface area contributed by atoms with Crippen molar-refractivity contribution in [1.82, 2.24) is 5.32 Å². The molecular weight excluding hydrogens is 228 g/mol. The highest BCUT2D eigenvalue weighted by molar-refractivity contribution is 5.49. The molecule has 0 amide bonds.